The molecule has 0 unspecified atom stereocenters. The summed E-state index contributed by atoms with van der Waals surface area (Å²) in [6.07, 6.45) is 0.816. The molecular weight excluding hydrogens is 190 g/mol. The summed E-state index contributed by atoms with van der Waals surface area (Å²) in [5.74, 6) is 0.735. The third-order valence-electron chi connectivity index (χ3n) is 2.10. The second-order valence-corrected chi connectivity index (χ2v) is 2.94. The summed E-state index contributed by atoms with van der Waals surface area (Å²) in [5, 5.41) is 9.39. The van der Waals surface area contributed by atoms with Crippen LogP contribution in [0, 0.1) is 0 Å². The molecule has 1 aromatic rings. The Bertz CT molecular complexity index is 304. The van der Waals surface area contributed by atoms with E-state index < -0.39 is 0 Å². The minimum atomic E-state index is 0. The predicted molar refractivity (Wildman–Crippen MR) is 52.4 cm³/mol. The summed E-state index contributed by atoms with van der Waals surface area (Å²) in [7, 11) is 0. The molecule has 3 nitrogen and oxygen atoms in total. The molecule has 13 heavy (non-hydrogen) atoms. The number of halogens is 1. The van der Waals surface area contributed by atoms with Crippen molar-refractivity contribution in [2.45, 2.75) is 12.5 Å². The highest BCUT2D eigenvalue weighted by Crippen LogP contribution is 2.37. The molecule has 4 heteroatoms. The molecule has 0 saturated heterocycles. The van der Waals surface area contributed by atoms with Crippen molar-refractivity contribution in [2.24, 2.45) is 5.73 Å². The summed E-state index contributed by atoms with van der Waals surface area (Å²) >= 11 is 0. The van der Waals surface area contributed by atoms with E-state index in [9.17, 15) is 5.11 Å². The fraction of sp³-hybridized carbons (Fsp3) is 0.333. The maximum atomic E-state index is 9.39. The number of nitrogens with two attached hydrogens (primary N) is 1. The Balaban J connectivity index is 0.000000845. The van der Waals surface area contributed by atoms with Gasteiger partial charge in [-0.3, -0.25) is 0 Å². The van der Waals surface area contributed by atoms with Crippen molar-refractivity contribution in [3.8, 4) is 11.5 Å². The van der Waals surface area contributed by atoms with E-state index in [1.54, 1.807) is 12.1 Å². The highest BCUT2D eigenvalue weighted by Gasteiger charge is 2.19. The fourth-order valence-electron chi connectivity index (χ4n) is 1.43. The quantitative estimate of drug-likeness (QED) is 0.671. The van der Waals surface area contributed by atoms with E-state index in [-0.39, 0.29) is 24.2 Å². The van der Waals surface area contributed by atoms with Crippen LogP contribution in [-0.4, -0.2) is 11.7 Å². The van der Waals surface area contributed by atoms with Gasteiger partial charge in [0.1, 0.15) is 0 Å². The summed E-state index contributed by atoms with van der Waals surface area (Å²) in [6, 6.07) is 5.28. The van der Waals surface area contributed by atoms with Crippen molar-refractivity contribution in [3.05, 3.63) is 23.8 Å². The van der Waals surface area contributed by atoms with Crippen LogP contribution in [0.2, 0.25) is 0 Å². The average molecular weight is 202 g/mol. The minimum Gasteiger partial charge on any atom is -0.504 e. The maximum absolute atomic E-state index is 9.39. The van der Waals surface area contributed by atoms with E-state index in [2.05, 4.69) is 0 Å². The van der Waals surface area contributed by atoms with Gasteiger partial charge in [-0.25, -0.2) is 0 Å². The molecule has 1 heterocycles. The van der Waals surface area contributed by atoms with Gasteiger partial charge < -0.3 is 15.6 Å². The highest BCUT2D eigenvalue weighted by molar-refractivity contribution is 5.85. The normalized spacial score (nSPS) is 19.6. The van der Waals surface area contributed by atoms with Gasteiger partial charge in [0.2, 0.25) is 0 Å². The zero-order valence-corrected chi connectivity index (χ0v) is 7.88. The summed E-state index contributed by atoms with van der Waals surface area (Å²) in [4.78, 5) is 0. The molecule has 1 aliphatic rings. The Morgan fingerprint density at radius 2 is 2.23 bits per heavy atom. The van der Waals surface area contributed by atoms with E-state index >= 15 is 0 Å². The highest BCUT2D eigenvalue weighted by atomic mass is 35.5. The van der Waals surface area contributed by atoms with Gasteiger partial charge >= 0.3 is 0 Å². The van der Waals surface area contributed by atoms with Crippen LogP contribution in [0.4, 0.5) is 0 Å². The molecule has 0 spiro atoms. The Morgan fingerprint density at radius 3 is 2.92 bits per heavy atom. The van der Waals surface area contributed by atoms with Crippen LogP contribution in [0.15, 0.2) is 18.2 Å². The second-order valence-electron chi connectivity index (χ2n) is 2.94. The molecule has 0 radical (unpaired) electrons. The molecule has 72 valence electrons. The molecule has 1 aliphatic heterocycles. The molecule has 0 aliphatic carbocycles. The van der Waals surface area contributed by atoms with Crippen molar-refractivity contribution in [3.63, 3.8) is 0 Å². The van der Waals surface area contributed by atoms with E-state index in [4.69, 9.17) is 10.5 Å². The first kappa shape index (κ1) is 10.2. The number of hydrogen-bond acceptors (Lipinski definition) is 3. The van der Waals surface area contributed by atoms with Gasteiger partial charge in [0.25, 0.3) is 0 Å². The monoisotopic (exact) mass is 201 g/mol. The van der Waals surface area contributed by atoms with Crippen LogP contribution >= 0.6 is 12.4 Å². The lowest BCUT2D eigenvalue weighted by Gasteiger charge is -2.23. The first-order valence-corrected chi connectivity index (χ1v) is 3.99. The Morgan fingerprint density at radius 1 is 1.46 bits per heavy atom. The Kier molecular flexibility index (Phi) is 3.01. The van der Waals surface area contributed by atoms with Crippen LogP contribution in [0.25, 0.3) is 0 Å². The topological polar surface area (TPSA) is 55.5 Å². The van der Waals surface area contributed by atoms with E-state index in [0.29, 0.717) is 12.4 Å². The molecule has 0 fully saturated rings. The average Bonchev–Trinajstić information content (AvgIpc) is 2.07. The number of fused-ring (bicyclic) bond motifs is 1. The fourth-order valence-corrected chi connectivity index (χ4v) is 1.43. The van der Waals surface area contributed by atoms with Crippen molar-refractivity contribution < 1.29 is 9.84 Å². The van der Waals surface area contributed by atoms with Crippen LogP contribution in [-0.2, 0) is 0 Å². The molecule has 1 aromatic carbocycles. The minimum absolute atomic E-state index is 0. The largest absolute Gasteiger partial charge is 0.504 e. The van der Waals surface area contributed by atoms with Crippen molar-refractivity contribution in [2.75, 3.05) is 6.61 Å². The lowest BCUT2D eigenvalue weighted by Crippen LogP contribution is -2.20. The van der Waals surface area contributed by atoms with Crippen LogP contribution in [0.5, 0.6) is 11.5 Å². The van der Waals surface area contributed by atoms with Gasteiger partial charge in [0, 0.05) is 18.0 Å². The summed E-state index contributed by atoms with van der Waals surface area (Å²) in [6.45, 7) is 0.589. The van der Waals surface area contributed by atoms with E-state index in [1.807, 2.05) is 6.07 Å². The number of aromatic hydroxyl groups is 1. The molecule has 0 saturated carbocycles. The number of benzene rings is 1. The number of phenolic OH excluding ortho intramolecular Hbond substituents is 1. The first-order valence-electron chi connectivity index (χ1n) is 3.99. The van der Waals surface area contributed by atoms with Gasteiger partial charge in [-0.1, -0.05) is 12.1 Å². The van der Waals surface area contributed by atoms with Crippen molar-refractivity contribution in [1.82, 2.24) is 0 Å². The van der Waals surface area contributed by atoms with E-state index in [0.717, 1.165) is 12.0 Å². The zero-order valence-electron chi connectivity index (χ0n) is 7.06. The van der Waals surface area contributed by atoms with Gasteiger partial charge in [-0.15, -0.1) is 12.4 Å². The van der Waals surface area contributed by atoms with Gasteiger partial charge in [0.15, 0.2) is 11.5 Å². The van der Waals surface area contributed by atoms with Crippen LogP contribution < -0.4 is 10.5 Å². The molecule has 2 rings (SSSR count). The molecule has 0 bridgehead atoms. The Hall–Kier alpha value is -0.930. The molecule has 0 aromatic heterocycles. The maximum Gasteiger partial charge on any atom is 0.165 e. The third kappa shape index (κ3) is 1.71. The second kappa shape index (κ2) is 3.85. The van der Waals surface area contributed by atoms with Crippen LogP contribution in [0.3, 0.4) is 0 Å². The Labute approximate surface area is 82.9 Å². The lowest BCUT2D eigenvalue weighted by molar-refractivity contribution is 0.255. The van der Waals surface area contributed by atoms with Crippen molar-refractivity contribution >= 4 is 12.4 Å². The number of para-hydroxylation sites is 1. The predicted octanol–water partition coefficient (Wildman–Crippen LogP) is 1.60. The number of rotatable bonds is 0. The van der Waals surface area contributed by atoms with Gasteiger partial charge in [-0.2, -0.15) is 0 Å². The van der Waals surface area contributed by atoms with Gasteiger partial charge in [-0.05, 0) is 6.07 Å². The molecule has 1 atom stereocenters. The smallest absolute Gasteiger partial charge is 0.165 e. The number of phenols is 1. The summed E-state index contributed by atoms with van der Waals surface area (Å²) in [5.41, 5.74) is 6.73. The first-order chi connectivity index (χ1) is 5.79. The molecular formula is C9H12ClNO2. The molecule has 3 N–H and O–H groups in total. The zero-order chi connectivity index (χ0) is 8.55. The number of hydrogen-bond donors (Lipinski definition) is 2. The molecule has 0 amide bonds. The van der Waals surface area contributed by atoms with Crippen LogP contribution in [0.1, 0.15) is 18.0 Å². The SMILES string of the molecule is Cl.N[C@@H]1CCOc2c(O)cccc21. The standard InChI is InChI=1S/C9H11NO2.ClH/c10-7-4-5-12-9-6(7)2-1-3-8(9)11;/h1-3,7,11H,4-5,10H2;1H/t7-;/m1./s1. The van der Waals surface area contributed by atoms with E-state index in [1.165, 1.54) is 0 Å². The number of ether oxygens (including phenoxy) is 1. The van der Waals surface area contributed by atoms with Gasteiger partial charge in [0.05, 0.1) is 6.61 Å². The lowest BCUT2D eigenvalue weighted by atomic mass is 10.0. The third-order valence-corrected chi connectivity index (χ3v) is 2.10. The summed E-state index contributed by atoms with van der Waals surface area (Å²) < 4.78 is 5.29. The van der Waals surface area contributed by atoms with Crippen molar-refractivity contribution in [1.29, 1.82) is 0 Å².